The number of nitrogens with zero attached hydrogens (tertiary/aromatic N) is 1. The van der Waals surface area contributed by atoms with Crippen molar-refractivity contribution in [2.45, 2.75) is 25.9 Å². The molecule has 0 fully saturated rings. The fraction of sp³-hybridized carbons (Fsp3) is 0.471. The van der Waals surface area contributed by atoms with Crippen LogP contribution in [0, 0.1) is 0 Å². The molecule has 1 aromatic carbocycles. The normalized spacial score (nSPS) is 17.3. The molecule has 2 heterocycles. The van der Waals surface area contributed by atoms with E-state index >= 15 is 0 Å². The first kappa shape index (κ1) is 17.8. The molecule has 0 aromatic heterocycles. The Hall–Kier alpha value is -2.97. The van der Waals surface area contributed by atoms with E-state index in [4.69, 9.17) is 28.5 Å². The molecule has 1 atom stereocenters. The van der Waals surface area contributed by atoms with Crippen molar-refractivity contribution in [3.05, 3.63) is 11.1 Å². The van der Waals surface area contributed by atoms with Gasteiger partial charge in [-0.2, -0.15) is 0 Å². The van der Waals surface area contributed by atoms with E-state index in [1.165, 1.54) is 14.2 Å². The number of oxime groups is 1. The van der Waals surface area contributed by atoms with Crippen molar-refractivity contribution in [3.8, 4) is 23.0 Å². The monoisotopic (exact) mass is 365 g/mol. The first-order valence-electron chi connectivity index (χ1n) is 8.05. The van der Waals surface area contributed by atoms with Crippen molar-refractivity contribution in [1.82, 2.24) is 0 Å². The van der Waals surface area contributed by atoms with Gasteiger partial charge >= 0.3 is 5.97 Å². The average molecular weight is 365 g/mol. The molecule has 0 spiro atoms. The fourth-order valence-electron chi connectivity index (χ4n) is 2.98. The van der Waals surface area contributed by atoms with Gasteiger partial charge in [0.05, 0.1) is 26.4 Å². The molecule has 0 amide bonds. The van der Waals surface area contributed by atoms with Crippen LogP contribution in [0.5, 0.6) is 23.0 Å². The Labute approximate surface area is 149 Å². The summed E-state index contributed by atoms with van der Waals surface area (Å²) in [6, 6.07) is 0. The molecule has 9 heteroatoms. The predicted octanol–water partition coefficient (Wildman–Crippen LogP) is 1.50. The summed E-state index contributed by atoms with van der Waals surface area (Å²) in [5, 5.41) is 3.78. The zero-order chi connectivity index (χ0) is 18.7. The van der Waals surface area contributed by atoms with E-state index in [-0.39, 0.29) is 32.0 Å². The van der Waals surface area contributed by atoms with E-state index in [2.05, 4.69) is 5.16 Å². The molecule has 140 valence electrons. The molecule has 2 aliphatic rings. The lowest BCUT2D eigenvalue weighted by Crippen LogP contribution is -2.20. The Kier molecular flexibility index (Phi) is 5.15. The van der Waals surface area contributed by atoms with Gasteiger partial charge in [-0.3, -0.25) is 4.79 Å². The number of rotatable bonds is 7. The predicted molar refractivity (Wildman–Crippen MR) is 88.3 cm³/mol. The number of carbonyl (C=O) groups is 2. The van der Waals surface area contributed by atoms with Gasteiger partial charge in [0, 0.05) is 18.4 Å². The van der Waals surface area contributed by atoms with Gasteiger partial charge in [0.1, 0.15) is 6.10 Å². The topological polar surface area (TPSA) is 102 Å². The van der Waals surface area contributed by atoms with Crippen LogP contribution in [-0.4, -0.2) is 51.7 Å². The molecule has 0 saturated heterocycles. The summed E-state index contributed by atoms with van der Waals surface area (Å²) in [4.78, 5) is 28.8. The molecular formula is C17H19NO8. The van der Waals surface area contributed by atoms with Gasteiger partial charge < -0.3 is 28.5 Å². The molecule has 9 nitrogen and oxygen atoms in total. The molecule has 0 unspecified atom stereocenters. The molecule has 0 aliphatic carbocycles. The van der Waals surface area contributed by atoms with Crippen LogP contribution in [0.1, 0.15) is 29.3 Å². The van der Waals surface area contributed by atoms with Gasteiger partial charge in [-0.05, 0) is 6.92 Å². The summed E-state index contributed by atoms with van der Waals surface area (Å²) in [6.45, 7) is 1.95. The maximum Gasteiger partial charge on any atom is 0.356 e. The van der Waals surface area contributed by atoms with Crippen LogP contribution < -0.4 is 18.9 Å². The summed E-state index contributed by atoms with van der Waals surface area (Å²) in [6.07, 6.45) is 0.743. The Morgan fingerprint density at radius 1 is 1.23 bits per heavy atom. The van der Waals surface area contributed by atoms with E-state index in [9.17, 15) is 9.59 Å². The number of carbonyl (C=O) groups excluding carboxylic acids is 2. The highest BCUT2D eigenvalue weighted by Crippen LogP contribution is 2.51. The van der Waals surface area contributed by atoms with Crippen molar-refractivity contribution in [3.63, 3.8) is 0 Å². The second-order valence-electron chi connectivity index (χ2n) is 5.54. The maximum atomic E-state index is 11.8. The van der Waals surface area contributed by atoms with Crippen LogP contribution in [0.15, 0.2) is 5.16 Å². The quantitative estimate of drug-likeness (QED) is 0.529. The smallest absolute Gasteiger partial charge is 0.356 e. The van der Waals surface area contributed by atoms with Gasteiger partial charge in [0.25, 0.3) is 0 Å². The van der Waals surface area contributed by atoms with Crippen LogP contribution in [0.2, 0.25) is 0 Å². The second kappa shape index (κ2) is 7.51. The number of ether oxygens (including phenoxy) is 5. The van der Waals surface area contributed by atoms with E-state index in [0.29, 0.717) is 40.4 Å². The van der Waals surface area contributed by atoms with Crippen molar-refractivity contribution in [2.24, 2.45) is 5.16 Å². The minimum atomic E-state index is -0.513. The third-order valence-electron chi connectivity index (χ3n) is 4.07. The second-order valence-corrected chi connectivity index (χ2v) is 5.54. The largest absolute Gasteiger partial charge is 0.492 e. The number of hydrogen-bond acceptors (Lipinski definition) is 9. The van der Waals surface area contributed by atoms with E-state index < -0.39 is 12.1 Å². The number of benzene rings is 1. The van der Waals surface area contributed by atoms with E-state index in [1.807, 2.05) is 0 Å². The first-order valence-corrected chi connectivity index (χ1v) is 8.05. The molecule has 2 aliphatic heterocycles. The van der Waals surface area contributed by atoms with Crippen molar-refractivity contribution < 1.29 is 38.1 Å². The van der Waals surface area contributed by atoms with Crippen LogP contribution >= 0.6 is 0 Å². The molecule has 0 bridgehead atoms. The first-order chi connectivity index (χ1) is 12.6. The summed E-state index contributed by atoms with van der Waals surface area (Å²) in [7, 11) is 2.94. The van der Waals surface area contributed by atoms with Gasteiger partial charge in [0.2, 0.25) is 18.3 Å². The molecule has 3 rings (SSSR count). The van der Waals surface area contributed by atoms with Crippen molar-refractivity contribution >= 4 is 18.0 Å². The third kappa shape index (κ3) is 3.00. The zero-order valence-electron chi connectivity index (χ0n) is 14.7. The summed E-state index contributed by atoms with van der Waals surface area (Å²) < 4.78 is 26.6. The highest BCUT2D eigenvalue weighted by molar-refractivity contribution is 6.36. The number of aldehydes is 1. The van der Waals surface area contributed by atoms with Crippen LogP contribution in [0.3, 0.4) is 0 Å². The fourth-order valence-corrected chi connectivity index (χ4v) is 2.98. The SMILES string of the molecule is CCOC(=O)C1=NO[C@@H](Cc2c(C=O)c3c(c(OC)c2OC)OCO3)C1. The minimum absolute atomic E-state index is 0.0187. The molecule has 0 N–H and O–H groups in total. The summed E-state index contributed by atoms with van der Waals surface area (Å²) in [5.41, 5.74) is 1.04. The molecular weight excluding hydrogens is 346 g/mol. The molecule has 26 heavy (non-hydrogen) atoms. The van der Waals surface area contributed by atoms with Crippen LogP contribution in [-0.2, 0) is 20.8 Å². The van der Waals surface area contributed by atoms with Gasteiger partial charge in [0.15, 0.2) is 23.5 Å². The lowest BCUT2D eigenvalue weighted by atomic mass is 9.96. The van der Waals surface area contributed by atoms with Gasteiger partial charge in [-0.15, -0.1) is 0 Å². The van der Waals surface area contributed by atoms with Gasteiger partial charge in [-0.25, -0.2) is 4.79 Å². The van der Waals surface area contributed by atoms with Crippen molar-refractivity contribution in [1.29, 1.82) is 0 Å². The Balaban J connectivity index is 1.91. The highest BCUT2D eigenvalue weighted by Gasteiger charge is 2.34. The molecule has 0 saturated carbocycles. The lowest BCUT2D eigenvalue weighted by molar-refractivity contribution is -0.135. The van der Waals surface area contributed by atoms with Crippen LogP contribution in [0.25, 0.3) is 0 Å². The molecule has 0 radical (unpaired) electrons. The zero-order valence-corrected chi connectivity index (χ0v) is 14.7. The summed E-state index contributed by atoms with van der Waals surface area (Å²) >= 11 is 0. The highest BCUT2D eigenvalue weighted by atomic mass is 16.7. The Bertz CT molecular complexity index is 758. The lowest BCUT2D eigenvalue weighted by Gasteiger charge is -2.18. The van der Waals surface area contributed by atoms with Gasteiger partial charge in [-0.1, -0.05) is 5.16 Å². The van der Waals surface area contributed by atoms with Crippen molar-refractivity contribution in [2.75, 3.05) is 27.6 Å². The Morgan fingerprint density at radius 3 is 2.62 bits per heavy atom. The number of esters is 1. The van der Waals surface area contributed by atoms with E-state index in [1.54, 1.807) is 6.92 Å². The van der Waals surface area contributed by atoms with E-state index in [0.717, 1.165) is 0 Å². The molecule has 1 aromatic rings. The third-order valence-corrected chi connectivity index (χ3v) is 4.07. The number of methoxy groups -OCH3 is 2. The number of hydrogen-bond donors (Lipinski definition) is 0. The van der Waals surface area contributed by atoms with Crippen LogP contribution in [0.4, 0.5) is 0 Å². The summed E-state index contributed by atoms with van der Waals surface area (Å²) in [5.74, 6) is 0.807. The standard InChI is InChI=1S/C17H19NO8/c1-4-23-17(20)12-6-9(26-18-12)5-10-11(7-19)14-16(25-8-24-14)15(22-3)13(10)21-2/h7,9H,4-6,8H2,1-3H3/t9-/m0/s1. The minimum Gasteiger partial charge on any atom is -0.492 e. The maximum absolute atomic E-state index is 11.8. The number of fused-ring (bicyclic) bond motifs is 1. The average Bonchev–Trinajstić information content (AvgIpc) is 3.30. The Morgan fingerprint density at radius 2 is 1.96 bits per heavy atom.